The molecule has 1 aliphatic rings. The Balaban J connectivity index is 1.62. The smallest absolute Gasteiger partial charge is 0.277 e. The van der Waals surface area contributed by atoms with Crippen molar-refractivity contribution in [2.45, 2.75) is 40.5 Å². The van der Waals surface area contributed by atoms with Crippen molar-refractivity contribution in [3.63, 3.8) is 0 Å². The van der Waals surface area contributed by atoms with Crippen molar-refractivity contribution in [1.29, 1.82) is 0 Å². The molecule has 0 saturated carbocycles. The quantitative estimate of drug-likeness (QED) is 0.728. The molecule has 7 heteroatoms. The summed E-state index contributed by atoms with van der Waals surface area (Å²) in [4.78, 5) is 27.1. The molecule has 7 nitrogen and oxygen atoms in total. The number of carbonyl (C=O) groups excluding carboxylic acids is 1. The van der Waals surface area contributed by atoms with E-state index in [4.69, 9.17) is 4.42 Å². The van der Waals surface area contributed by atoms with E-state index in [2.05, 4.69) is 46.4 Å². The molecule has 0 saturated heterocycles. The third-order valence-electron chi connectivity index (χ3n) is 5.37. The van der Waals surface area contributed by atoms with Crippen LogP contribution in [0.4, 0.5) is 11.6 Å². The Kier molecular flexibility index (Phi) is 4.45. The first-order valence-electron chi connectivity index (χ1n) is 9.48. The number of aromatic amines is 1. The number of nitrogens with zero attached hydrogens (tertiary/aromatic N) is 2. The van der Waals surface area contributed by atoms with E-state index in [9.17, 15) is 9.59 Å². The van der Waals surface area contributed by atoms with E-state index in [0.717, 1.165) is 25.1 Å². The minimum Gasteiger partial charge on any atom is -0.444 e. The molecule has 1 aliphatic heterocycles. The molecule has 4 rings (SSSR count). The number of H-pyrrole nitrogens is 1. The van der Waals surface area contributed by atoms with Crippen LogP contribution in [0.3, 0.4) is 0 Å². The highest BCUT2D eigenvalue weighted by molar-refractivity contribution is 6.02. The summed E-state index contributed by atoms with van der Waals surface area (Å²) in [5.41, 5.74) is 5.17. The fourth-order valence-corrected chi connectivity index (χ4v) is 4.18. The normalized spacial score (nSPS) is 13.6. The van der Waals surface area contributed by atoms with Gasteiger partial charge in [0.15, 0.2) is 0 Å². The van der Waals surface area contributed by atoms with Crippen LogP contribution in [0.1, 0.15) is 34.6 Å². The van der Waals surface area contributed by atoms with Crippen LogP contribution in [0.25, 0.3) is 10.8 Å². The molecule has 0 aliphatic carbocycles. The van der Waals surface area contributed by atoms with Gasteiger partial charge in [-0.15, -0.1) is 0 Å². The van der Waals surface area contributed by atoms with E-state index in [1.807, 2.05) is 0 Å². The molecule has 1 aromatic carbocycles. The van der Waals surface area contributed by atoms with Crippen LogP contribution in [-0.4, -0.2) is 29.2 Å². The average molecular weight is 380 g/mol. The van der Waals surface area contributed by atoms with Crippen LogP contribution in [0, 0.1) is 27.7 Å². The number of aryl methyl sites for hydroxylation is 4. The van der Waals surface area contributed by atoms with Gasteiger partial charge in [0.1, 0.15) is 11.1 Å². The summed E-state index contributed by atoms with van der Waals surface area (Å²) < 4.78 is 5.68. The first kappa shape index (κ1) is 18.3. The third-order valence-corrected chi connectivity index (χ3v) is 5.37. The van der Waals surface area contributed by atoms with Gasteiger partial charge in [-0.3, -0.25) is 14.9 Å². The Morgan fingerprint density at radius 2 is 2.04 bits per heavy atom. The zero-order chi connectivity index (χ0) is 20.0. The number of hydrogen-bond acceptors (Lipinski definition) is 5. The number of fused-ring (bicyclic) bond motifs is 2. The first-order valence-corrected chi connectivity index (χ1v) is 9.48. The Morgan fingerprint density at radius 3 is 2.82 bits per heavy atom. The first-order chi connectivity index (χ1) is 13.3. The van der Waals surface area contributed by atoms with Gasteiger partial charge in [-0.2, -0.15) is 5.10 Å². The number of anilines is 2. The molecule has 0 bridgehead atoms. The van der Waals surface area contributed by atoms with Crippen LogP contribution in [0.15, 0.2) is 21.3 Å². The van der Waals surface area contributed by atoms with Crippen LogP contribution in [0.2, 0.25) is 0 Å². The molecule has 0 fully saturated rings. The Bertz CT molecular complexity index is 1140. The highest BCUT2D eigenvalue weighted by Gasteiger charge is 2.23. The zero-order valence-corrected chi connectivity index (χ0v) is 16.6. The number of furan rings is 1. The van der Waals surface area contributed by atoms with Crippen molar-refractivity contribution in [3.8, 4) is 0 Å². The van der Waals surface area contributed by atoms with Crippen LogP contribution < -0.4 is 15.8 Å². The molecule has 3 heterocycles. The SMILES string of the molecule is Cc1cc(C)c2c(c1)N(CC(=O)Nc1oc(C)c3c(C)n[nH]c(=O)c13)CCC2. The van der Waals surface area contributed by atoms with E-state index in [0.29, 0.717) is 22.2 Å². The minimum absolute atomic E-state index is 0.182. The van der Waals surface area contributed by atoms with E-state index in [-0.39, 0.29) is 23.9 Å². The van der Waals surface area contributed by atoms with Gasteiger partial charge in [-0.05, 0) is 63.3 Å². The van der Waals surface area contributed by atoms with E-state index < -0.39 is 0 Å². The van der Waals surface area contributed by atoms with Crippen molar-refractivity contribution in [2.24, 2.45) is 0 Å². The highest BCUT2D eigenvalue weighted by Crippen LogP contribution is 2.32. The third kappa shape index (κ3) is 3.06. The fraction of sp³-hybridized carbons (Fsp3) is 0.381. The van der Waals surface area contributed by atoms with E-state index >= 15 is 0 Å². The molecule has 0 atom stereocenters. The summed E-state index contributed by atoms with van der Waals surface area (Å²) in [5.74, 6) is 0.536. The predicted molar refractivity (Wildman–Crippen MR) is 109 cm³/mol. The van der Waals surface area contributed by atoms with Crippen molar-refractivity contribution >= 4 is 28.3 Å². The minimum atomic E-state index is -0.373. The lowest BCUT2D eigenvalue weighted by molar-refractivity contribution is -0.115. The highest BCUT2D eigenvalue weighted by atomic mass is 16.4. The second kappa shape index (κ2) is 6.82. The maximum Gasteiger partial charge on any atom is 0.277 e. The molecule has 2 N–H and O–H groups in total. The number of amides is 1. The summed E-state index contributed by atoms with van der Waals surface area (Å²) in [5, 5.41) is 10.2. The lowest BCUT2D eigenvalue weighted by Crippen LogP contribution is -2.37. The number of carbonyl (C=O) groups is 1. The molecular formula is C21H24N4O3. The molecule has 0 radical (unpaired) electrons. The van der Waals surface area contributed by atoms with Gasteiger partial charge >= 0.3 is 0 Å². The largest absolute Gasteiger partial charge is 0.444 e. The summed E-state index contributed by atoms with van der Waals surface area (Å²) in [6.07, 6.45) is 2.04. The van der Waals surface area contributed by atoms with Gasteiger partial charge in [-0.1, -0.05) is 6.07 Å². The molecule has 0 spiro atoms. The summed E-state index contributed by atoms with van der Waals surface area (Å²) >= 11 is 0. The number of aromatic nitrogens is 2. The van der Waals surface area contributed by atoms with Gasteiger partial charge in [0.05, 0.1) is 17.6 Å². The number of benzene rings is 1. The lowest BCUT2D eigenvalue weighted by atomic mass is 9.95. The van der Waals surface area contributed by atoms with Crippen LogP contribution >= 0.6 is 0 Å². The predicted octanol–water partition coefficient (Wildman–Crippen LogP) is 3.14. The van der Waals surface area contributed by atoms with E-state index in [1.54, 1.807) is 13.8 Å². The molecule has 146 valence electrons. The topological polar surface area (TPSA) is 91.2 Å². The number of rotatable bonds is 3. The Labute approximate surface area is 162 Å². The van der Waals surface area contributed by atoms with Gasteiger partial charge in [0.25, 0.3) is 5.56 Å². The van der Waals surface area contributed by atoms with Crippen molar-refractivity contribution < 1.29 is 9.21 Å². The number of hydrogen-bond donors (Lipinski definition) is 2. The van der Waals surface area contributed by atoms with Gasteiger partial charge in [0, 0.05) is 12.2 Å². The summed E-state index contributed by atoms with van der Waals surface area (Å²) in [6, 6.07) is 4.32. The van der Waals surface area contributed by atoms with Gasteiger partial charge < -0.3 is 9.32 Å². The molecule has 28 heavy (non-hydrogen) atoms. The van der Waals surface area contributed by atoms with Gasteiger partial charge in [0.2, 0.25) is 11.8 Å². The van der Waals surface area contributed by atoms with Crippen LogP contribution in [-0.2, 0) is 11.2 Å². The Hall–Kier alpha value is -3.09. The number of nitrogens with one attached hydrogen (secondary N) is 2. The molecular weight excluding hydrogens is 356 g/mol. The average Bonchev–Trinajstić information content (AvgIpc) is 2.96. The summed E-state index contributed by atoms with van der Waals surface area (Å²) in [6.45, 7) is 8.78. The second-order valence-electron chi connectivity index (χ2n) is 7.53. The monoisotopic (exact) mass is 380 g/mol. The Morgan fingerprint density at radius 1 is 1.25 bits per heavy atom. The van der Waals surface area contributed by atoms with Gasteiger partial charge in [-0.25, -0.2) is 5.10 Å². The zero-order valence-electron chi connectivity index (χ0n) is 16.6. The standard InChI is InChI=1S/C21H24N4O3/c1-11-8-12(2)15-6-5-7-25(16(15)9-11)10-17(26)22-21-19-18(14(4)28-21)13(3)23-24-20(19)27/h8-9H,5-7,10H2,1-4H3,(H,22,26)(H,24,27). The van der Waals surface area contributed by atoms with Crippen LogP contribution in [0.5, 0.6) is 0 Å². The van der Waals surface area contributed by atoms with Crippen molar-refractivity contribution in [1.82, 2.24) is 10.2 Å². The summed E-state index contributed by atoms with van der Waals surface area (Å²) in [7, 11) is 0. The molecule has 3 aromatic rings. The second-order valence-corrected chi connectivity index (χ2v) is 7.53. The van der Waals surface area contributed by atoms with Crippen molar-refractivity contribution in [2.75, 3.05) is 23.3 Å². The van der Waals surface area contributed by atoms with E-state index in [1.165, 1.54) is 16.7 Å². The maximum atomic E-state index is 12.8. The lowest BCUT2D eigenvalue weighted by Gasteiger charge is -2.32. The maximum absolute atomic E-state index is 12.8. The fourth-order valence-electron chi connectivity index (χ4n) is 4.18. The van der Waals surface area contributed by atoms with Crippen molar-refractivity contribution in [3.05, 3.63) is 50.6 Å². The molecule has 0 unspecified atom stereocenters. The molecule has 2 aromatic heterocycles. The molecule has 1 amide bonds.